The summed E-state index contributed by atoms with van der Waals surface area (Å²) in [5, 5.41) is 3.46. The number of allylic oxidation sites excluding steroid dienone is 1. The largest absolute Gasteiger partial charge is 0.353 e. The van der Waals surface area contributed by atoms with Gasteiger partial charge in [0.25, 0.3) is 0 Å². The van der Waals surface area contributed by atoms with E-state index in [9.17, 15) is 4.79 Å². The topological polar surface area (TPSA) is 42.0 Å². The lowest BCUT2D eigenvalue weighted by Crippen LogP contribution is -2.40. The molecule has 0 saturated heterocycles. The maximum Gasteiger partial charge on any atom is 0.141 e. The molecule has 3 heteroatoms. The fourth-order valence-corrected chi connectivity index (χ4v) is 5.84. The minimum absolute atomic E-state index is 0.0589. The van der Waals surface area contributed by atoms with Crippen LogP contribution in [0.15, 0.2) is 48.8 Å². The molecule has 2 aliphatic rings. The van der Waals surface area contributed by atoms with Gasteiger partial charge in [-0.3, -0.25) is 9.78 Å². The highest BCUT2D eigenvalue weighted by molar-refractivity contribution is 5.87. The Hall–Kier alpha value is -2.86. The third-order valence-corrected chi connectivity index (χ3v) is 7.32. The first kappa shape index (κ1) is 21.4. The van der Waals surface area contributed by atoms with Crippen LogP contribution in [-0.4, -0.2) is 10.8 Å². The monoisotopic (exact) mass is 412 g/mol. The smallest absolute Gasteiger partial charge is 0.141 e. The van der Waals surface area contributed by atoms with Gasteiger partial charge in [0.1, 0.15) is 5.78 Å². The number of pyridine rings is 1. The van der Waals surface area contributed by atoms with Crippen LogP contribution < -0.4 is 5.32 Å². The van der Waals surface area contributed by atoms with Crippen molar-refractivity contribution in [1.82, 2.24) is 4.98 Å². The van der Waals surface area contributed by atoms with Crippen molar-refractivity contribution in [3.63, 3.8) is 0 Å². The molecule has 0 amide bonds. The number of hydrogen-bond donors (Lipinski definition) is 1. The number of nitrogens with one attached hydrogen (secondary N) is 1. The van der Waals surface area contributed by atoms with Gasteiger partial charge in [0, 0.05) is 29.6 Å². The first-order valence-electron chi connectivity index (χ1n) is 11.4. The fourth-order valence-electron chi connectivity index (χ4n) is 5.84. The molecule has 1 heterocycles. The highest BCUT2D eigenvalue weighted by Crippen LogP contribution is 2.48. The summed E-state index contributed by atoms with van der Waals surface area (Å²) in [6.45, 7) is 8.76. The quantitative estimate of drug-likeness (QED) is 0.461. The SMILES string of the molecule is C#Cc1ccncc1Nc1cccc([C@]2(C)CC(=C)C(C3CCCCC3)C(=O)C2)c1C. The Kier molecular flexibility index (Phi) is 6.01. The average Bonchev–Trinajstić information content (AvgIpc) is 2.75. The summed E-state index contributed by atoms with van der Waals surface area (Å²) in [5.41, 5.74) is 5.85. The van der Waals surface area contributed by atoms with Gasteiger partial charge in [0.05, 0.1) is 17.4 Å². The maximum atomic E-state index is 13.4. The molecule has 0 spiro atoms. The predicted molar refractivity (Wildman–Crippen MR) is 127 cm³/mol. The molecule has 2 saturated carbocycles. The zero-order chi connectivity index (χ0) is 22.0. The third-order valence-electron chi connectivity index (χ3n) is 7.32. The first-order chi connectivity index (χ1) is 14.9. The molecule has 2 fully saturated rings. The van der Waals surface area contributed by atoms with Gasteiger partial charge in [-0.15, -0.1) is 6.42 Å². The fraction of sp³-hybridized carbons (Fsp3) is 0.429. The number of aromatic nitrogens is 1. The molecule has 0 aliphatic heterocycles. The number of carbonyl (C=O) groups is 1. The number of benzene rings is 1. The number of carbonyl (C=O) groups excluding carboxylic acids is 1. The van der Waals surface area contributed by atoms with Gasteiger partial charge in [-0.2, -0.15) is 0 Å². The van der Waals surface area contributed by atoms with E-state index in [1.165, 1.54) is 37.7 Å². The summed E-state index contributed by atoms with van der Waals surface area (Å²) in [5.74, 6) is 3.65. The lowest BCUT2D eigenvalue weighted by molar-refractivity contribution is -0.126. The first-order valence-corrected chi connectivity index (χ1v) is 11.4. The lowest BCUT2D eigenvalue weighted by atomic mass is 9.60. The molecule has 31 heavy (non-hydrogen) atoms. The van der Waals surface area contributed by atoms with E-state index in [1.54, 1.807) is 12.4 Å². The van der Waals surface area contributed by atoms with Crippen molar-refractivity contribution < 1.29 is 4.79 Å². The van der Waals surface area contributed by atoms with Crippen molar-refractivity contribution in [2.45, 2.75) is 64.2 Å². The number of anilines is 2. The van der Waals surface area contributed by atoms with Crippen LogP contribution in [0.5, 0.6) is 0 Å². The van der Waals surface area contributed by atoms with E-state index in [0.29, 0.717) is 18.1 Å². The molecule has 2 atom stereocenters. The Bertz CT molecular complexity index is 1020. The lowest BCUT2D eigenvalue weighted by Gasteiger charge is -2.42. The normalized spacial score (nSPS) is 24.6. The van der Waals surface area contributed by atoms with Crippen LogP contribution in [-0.2, 0) is 10.2 Å². The van der Waals surface area contributed by atoms with E-state index >= 15 is 0 Å². The van der Waals surface area contributed by atoms with Crippen molar-refractivity contribution in [3.8, 4) is 12.3 Å². The molecule has 0 radical (unpaired) electrons. The van der Waals surface area contributed by atoms with Crippen LogP contribution in [0.3, 0.4) is 0 Å². The van der Waals surface area contributed by atoms with Crippen LogP contribution in [0.25, 0.3) is 0 Å². The molecule has 160 valence electrons. The molecule has 3 nitrogen and oxygen atoms in total. The highest BCUT2D eigenvalue weighted by atomic mass is 16.1. The molecular formula is C28H32N2O. The van der Waals surface area contributed by atoms with Gasteiger partial charge in [-0.05, 0) is 55.4 Å². The molecule has 1 unspecified atom stereocenters. The van der Waals surface area contributed by atoms with E-state index < -0.39 is 0 Å². The van der Waals surface area contributed by atoms with Gasteiger partial charge in [-0.1, -0.05) is 56.4 Å². The molecular weight excluding hydrogens is 380 g/mol. The van der Waals surface area contributed by atoms with Crippen LogP contribution in [0.2, 0.25) is 0 Å². The zero-order valence-corrected chi connectivity index (χ0v) is 18.7. The van der Waals surface area contributed by atoms with Crippen molar-refractivity contribution in [3.05, 3.63) is 65.5 Å². The number of terminal acetylenes is 1. The molecule has 1 aromatic carbocycles. The molecule has 4 rings (SSSR count). The third kappa shape index (κ3) is 4.17. The van der Waals surface area contributed by atoms with Gasteiger partial charge in [-0.25, -0.2) is 0 Å². The van der Waals surface area contributed by atoms with Gasteiger partial charge in [0.15, 0.2) is 0 Å². The average molecular weight is 413 g/mol. The zero-order valence-electron chi connectivity index (χ0n) is 18.7. The van der Waals surface area contributed by atoms with Crippen molar-refractivity contribution in [2.24, 2.45) is 11.8 Å². The molecule has 1 N–H and O–H groups in total. The Balaban J connectivity index is 1.61. The predicted octanol–water partition coefficient (Wildman–Crippen LogP) is 6.49. The van der Waals surface area contributed by atoms with Crippen LogP contribution in [0, 0.1) is 31.1 Å². The van der Waals surface area contributed by atoms with Crippen LogP contribution >= 0.6 is 0 Å². The molecule has 2 aromatic rings. The number of ketones is 1. The summed E-state index contributed by atoms with van der Waals surface area (Å²) in [6, 6.07) is 8.10. The van der Waals surface area contributed by atoms with Crippen LogP contribution in [0.1, 0.15) is 68.6 Å². The van der Waals surface area contributed by atoms with Gasteiger partial charge < -0.3 is 5.32 Å². The number of nitrogens with zero attached hydrogens (tertiary/aromatic N) is 1. The standard InChI is InChI=1S/C28H32N2O/c1-5-21-14-15-29-18-25(21)30-24-13-9-12-23(20(24)3)28(4)16-19(2)27(26(31)17-28)22-10-7-6-8-11-22/h1,9,12-15,18,22,27,30H,2,6-8,10-11,16-17H2,3-4H3/t27?,28-/m1/s1. The Morgan fingerprint density at radius 2 is 1.94 bits per heavy atom. The summed E-state index contributed by atoms with van der Waals surface area (Å²) >= 11 is 0. The Morgan fingerprint density at radius 1 is 1.16 bits per heavy atom. The van der Waals surface area contributed by atoms with E-state index in [-0.39, 0.29) is 11.3 Å². The molecule has 1 aromatic heterocycles. The Labute approximate surface area is 186 Å². The second kappa shape index (κ2) is 8.71. The van der Waals surface area contributed by atoms with Crippen LogP contribution in [0.4, 0.5) is 11.4 Å². The number of Topliss-reactive ketones (excluding diaryl/α,β-unsaturated/α-hetero) is 1. The van der Waals surface area contributed by atoms with E-state index in [0.717, 1.165) is 34.5 Å². The van der Waals surface area contributed by atoms with Crippen molar-refractivity contribution in [2.75, 3.05) is 5.32 Å². The second-order valence-corrected chi connectivity index (χ2v) is 9.58. The summed E-state index contributed by atoms with van der Waals surface area (Å²) in [7, 11) is 0. The summed E-state index contributed by atoms with van der Waals surface area (Å²) in [4.78, 5) is 17.6. The van der Waals surface area contributed by atoms with E-state index in [2.05, 4.69) is 54.8 Å². The van der Waals surface area contributed by atoms with E-state index in [1.807, 2.05) is 6.07 Å². The molecule has 2 aliphatic carbocycles. The van der Waals surface area contributed by atoms with Crippen molar-refractivity contribution >= 4 is 17.2 Å². The summed E-state index contributed by atoms with van der Waals surface area (Å²) < 4.78 is 0. The van der Waals surface area contributed by atoms with Gasteiger partial charge in [0.2, 0.25) is 0 Å². The van der Waals surface area contributed by atoms with Crippen molar-refractivity contribution in [1.29, 1.82) is 0 Å². The highest BCUT2D eigenvalue weighted by Gasteiger charge is 2.43. The van der Waals surface area contributed by atoms with Gasteiger partial charge >= 0.3 is 0 Å². The number of rotatable bonds is 4. The maximum absolute atomic E-state index is 13.4. The minimum atomic E-state index is -0.231. The minimum Gasteiger partial charge on any atom is -0.353 e. The second-order valence-electron chi connectivity index (χ2n) is 9.58. The molecule has 0 bridgehead atoms. The number of hydrogen-bond acceptors (Lipinski definition) is 3. The Morgan fingerprint density at radius 3 is 2.65 bits per heavy atom. The van der Waals surface area contributed by atoms with E-state index in [4.69, 9.17) is 6.42 Å². The summed E-state index contributed by atoms with van der Waals surface area (Å²) in [6.07, 6.45) is 16.7.